The van der Waals surface area contributed by atoms with Crippen LogP contribution in [-0.4, -0.2) is 64.6 Å². The molecule has 2 heterocycles. The molecule has 9 heteroatoms. The van der Waals surface area contributed by atoms with Crippen LogP contribution in [0.3, 0.4) is 0 Å². The predicted molar refractivity (Wildman–Crippen MR) is 127 cm³/mol. The van der Waals surface area contributed by atoms with Crippen LogP contribution in [-0.2, 0) is 30.9 Å². The van der Waals surface area contributed by atoms with E-state index in [2.05, 4.69) is 10.2 Å². The van der Waals surface area contributed by atoms with E-state index in [9.17, 15) is 13.2 Å². The molecule has 2 aromatic rings. The van der Waals surface area contributed by atoms with Crippen LogP contribution in [0.2, 0.25) is 0 Å². The van der Waals surface area contributed by atoms with Crippen molar-refractivity contribution < 1.29 is 22.7 Å². The molecule has 0 unspecified atom stereocenters. The zero-order valence-corrected chi connectivity index (χ0v) is 19.6. The number of hydrogen-bond donors (Lipinski definition) is 1. The number of nitrogens with zero attached hydrogens (tertiary/aromatic N) is 2. The summed E-state index contributed by atoms with van der Waals surface area (Å²) in [6.07, 6.45) is 3.32. The Labute approximate surface area is 195 Å². The Hall–Kier alpha value is -2.46. The van der Waals surface area contributed by atoms with Gasteiger partial charge in [0, 0.05) is 26.2 Å². The number of ether oxygens (including phenoxy) is 2. The van der Waals surface area contributed by atoms with Crippen LogP contribution in [0.5, 0.6) is 0 Å². The highest BCUT2D eigenvalue weighted by Gasteiger charge is 2.28. The third-order valence-electron chi connectivity index (χ3n) is 5.89. The summed E-state index contributed by atoms with van der Waals surface area (Å²) in [4.78, 5) is 15.0. The summed E-state index contributed by atoms with van der Waals surface area (Å²) in [5.74, 6) is -0.315. The van der Waals surface area contributed by atoms with Crippen molar-refractivity contribution in [3.05, 3.63) is 54.1 Å². The molecule has 0 radical (unpaired) electrons. The van der Waals surface area contributed by atoms with Gasteiger partial charge < -0.3 is 19.7 Å². The van der Waals surface area contributed by atoms with Crippen LogP contribution in [0.25, 0.3) is 0 Å². The fourth-order valence-electron chi connectivity index (χ4n) is 4.14. The van der Waals surface area contributed by atoms with Crippen molar-refractivity contribution in [2.24, 2.45) is 0 Å². The molecule has 1 amide bonds. The van der Waals surface area contributed by atoms with E-state index in [4.69, 9.17) is 9.47 Å². The maximum absolute atomic E-state index is 13.2. The lowest BCUT2D eigenvalue weighted by Crippen LogP contribution is -2.40. The van der Waals surface area contributed by atoms with Crippen LogP contribution in [0.4, 0.5) is 11.4 Å². The molecule has 1 N–H and O–H groups in total. The van der Waals surface area contributed by atoms with Gasteiger partial charge >= 0.3 is 0 Å². The number of anilines is 2. The van der Waals surface area contributed by atoms with E-state index in [1.165, 1.54) is 10.7 Å². The summed E-state index contributed by atoms with van der Waals surface area (Å²) in [7, 11) is -3.67. The normalized spacial score (nSPS) is 17.6. The van der Waals surface area contributed by atoms with Crippen LogP contribution in [0, 0.1) is 0 Å². The summed E-state index contributed by atoms with van der Waals surface area (Å²) in [6, 6.07) is 14.7. The molecule has 2 fully saturated rings. The van der Waals surface area contributed by atoms with E-state index in [1.807, 2.05) is 30.3 Å². The van der Waals surface area contributed by atoms with Crippen LogP contribution < -0.4 is 10.2 Å². The second-order valence-electron chi connectivity index (χ2n) is 8.27. The third-order valence-corrected chi connectivity index (χ3v) is 7.79. The fraction of sp³-hybridized carbons (Fsp3) is 0.458. The molecule has 0 aromatic heterocycles. The number of hydrogen-bond acceptors (Lipinski definition) is 6. The lowest BCUT2D eigenvalue weighted by molar-refractivity contribution is -0.121. The third kappa shape index (κ3) is 6.11. The van der Waals surface area contributed by atoms with Gasteiger partial charge in [-0.25, -0.2) is 8.42 Å². The number of sulfonamides is 1. The Balaban J connectivity index is 1.51. The van der Waals surface area contributed by atoms with Crippen LogP contribution in [0.15, 0.2) is 53.4 Å². The fourth-order valence-corrected chi connectivity index (χ4v) is 5.58. The highest BCUT2D eigenvalue weighted by molar-refractivity contribution is 7.89. The zero-order valence-electron chi connectivity index (χ0n) is 18.7. The molecule has 2 aliphatic rings. The maximum atomic E-state index is 13.2. The molecule has 2 saturated heterocycles. The van der Waals surface area contributed by atoms with Crippen molar-refractivity contribution in [2.75, 3.05) is 56.2 Å². The summed E-state index contributed by atoms with van der Waals surface area (Å²) >= 11 is 0. The molecule has 4 rings (SSSR count). The molecule has 2 aromatic carbocycles. The Morgan fingerprint density at radius 2 is 1.70 bits per heavy atom. The van der Waals surface area contributed by atoms with E-state index in [1.54, 1.807) is 18.2 Å². The smallest absolute Gasteiger partial charge is 0.250 e. The van der Waals surface area contributed by atoms with E-state index < -0.39 is 10.0 Å². The summed E-state index contributed by atoms with van der Waals surface area (Å²) in [5.41, 5.74) is 2.32. The summed E-state index contributed by atoms with van der Waals surface area (Å²) < 4.78 is 38.6. The molecule has 0 atom stereocenters. The molecular formula is C24H31N3O5S. The molecule has 0 spiro atoms. The molecule has 8 nitrogen and oxygen atoms in total. The Morgan fingerprint density at radius 1 is 0.970 bits per heavy atom. The Bertz CT molecular complexity index is 1030. The van der Waals surface area contributed by atoms with Gasteiger partial charge in [0.15, 0.2) is 0 Å². The minimum absolute atomic E-state index is 0.116. The first-order valence-electron chi connectivity index (χ1n) is 11.4. The van der Waals surface area contributed by atoms with Gasteiger partial charge in [0.2, 0.25) is 15.9 Å². The minimum atomic E-state index is -3.67. The van der Waals surface area contributed by atoms with Crippen LogP contribution in [0.1, 0.15) is 24.8 Å². The number of benzene rings is 2. The molecule has 0 saturated carbocycles. The van der Waals surface area contributed by atoms with Crippen molar-refractivity contribution in [1.29, 1.82) is 0 Å². The first kappa shape index (κ1) is 23.7. The molecule has 2 aliphatic heterocycles. The number of nitrogens with one attached hydrogen (secondary N) is 1. The average molecular weight is 474 g/mol. The SMILES string of the molecule is O=C(COCc1ccccc1)Nc1cc(S(=O)(=O)N2CCOCC2)ccc1N1CCCCC1. The van der Waals surface area contributed by atoms with Gasteiger partial charge in [-0.3, -0.25) is 4.79 Å². The van der Waals surface area contributed by atoms with E-state index >= 15 is 0 Å². The topological polar surface area (TPSA) is 88.2 Å². The quantitative estimate of drug-likeness (QED) is 0.634. The van der Waals surface area contributed by atoms with Gasteiger partial charge in [0.05, 0.1) is 36.1 Å². The van der Waals surface area contributed by atoms with Gasteiger partial charge in [-0.05, 0) is 43.0 Å². The van der Waals surface area contributed by atoms with Crippen molar-refractivity contribution in [2.45, 2.75) is 30.8 Å². The summed E-state index contributed by atoms with van der Waals surface area (Å²) in [5, 5.41) is 2.90. The lowest BCUT2D eigenvalue weighted by atomic mass is 10.1. The second-order valence-corrected chi connectivity index (χ2v) is 10.2. The van der Waals surface area contributed by atoms with Crippen molar-refractivity contribution in [1.82, 2.24) is 4.31 Å². The minimum Gasteiger partial charge on any atom is -0.379 e. The molecule has 0 bridgehead atoms. The molecule has 178 valence electrons. The van der Waals surface area contributed by atoms with E-state index in [-0.39, 0.29) is 17.4 Å². The number of carbonyl (C=O) groups excluding carboxylic acids is 1. The Morgan fingerprint density at radius 3 is 2.42 bits per heavy atom. The van der Waals surface area contributed by atoms with Crippen molar-refractivity contribution in [3.63, 3.8) is 0 Å². The number of morpholine rings is 1. The standard InChI is InChI=1S/C24H31N3O5S/c28-24(19-32-18-20-7-3-1-4-8-20)25-22-17-21(33(29,30)27-13-15-31-16-14-27)9-10-23(22)26-11-5-2-6-12-26/h1,3-4,7-10,17H,2,5-6,11-16,18-19H2,(H,25,28). The first-order chi connectivity index (χ1) is 16.0. The van der Waals surface area contributed by atoms with E-state index in [0.717, 1.165) is 37.2 Å². The number of piperidine rings is 1. The summed E-state index contributed by atoms with van der Waals surface area (Å²) in [6.45, 7) is 3.39. The monoisotopic (exact) mass is 473 g/mol. The molecular weight excluding hydrogens is 442 g/mol. The van der Waals surface area contributed by atoms with Crippen molar-refractivity contribution in [3.8, 4) is 0 Å². The largest absolute Gasteiger partial charge is 0.379 e. The van der Waals surface area contributed by atoms with E-state index in [0.29, 0.717) is 38.6 Å². The Kier molecular flexibility index (Phi) is 7.97. The molecule has 33 heavy (non-hydrogen) atoms. The maximum Gasteiger partial charge on any atom is 0.250 e. The van der Waals surface area contributed by atoms with Gasteiger partial charge in [-0.15, -0.1) is 0 Å². The number of carbonyl (C=O) groups is 1. The van der Waals surface area contributed by atoms with Gasteiger partial charge in [0.25, 0.3) is 0 Å². The molecule has 0 aliphatic carbocycles. The predicted octanol–water partition coefficient (Wildman–Crippen LogP) is 2.85. The first-order valence-corrected chi connectivity index (χ1v) is 12.9. The van der Waals surface area contributed by atoms with Gasteiger partial charge in [-0.2, -0.15) is 4.31 Å². The average Bonchev–Trinajstić information content (AvgIpc) is 2.86. The van der Waals surface area contributed by atoms with Gasteiger partial charge in [0.1, 0.15) is 6.61 Å². The number of rotatable bonds is 8. The number of amides is 1. The lowest BCUT2D eigenvalue weighted by Gasteiger charge is -2.31. The zero-order chi connectivity index (χ0) is 23.1. The van der Waals surface area contributed by atoms with Gasteiger partial charge in [-0.1, -0.05) is 30.3 Å². The second kappa shape index (κ2) is 11.1. The van der Waals surface area contributed by atoms with Crippen molar-refractivity contribution >= 4 is 27.3 Å². The highest BCUT2D eigenvalue weighted by Crippen LogP contribution is 2.32. The highest BCUT2D eigenvalue weighted by atomic mass is 32.2. The van der Waals surface area contributed by atoms with Crippen LogP contribution >= 0.6 is 0 Å².